The second-order valence-corrected chi connectivity index (χ2v) is 4.81. The Morgan fingerprint density at radius 3 is 1.62 bits per heavy atom. The van der Waals surface area contributed by atoms with Crippen LogP contribution in [0.4, 0.5) is 0 Å². The van der Waals surface area contributed by atoms with E-state index in [1.807, 2.05) is 14.1 Å². The molecule has 0 aliphatic heterocycles. The smallest absolute Gasteiger partial charge is 0.442 e. The van der Waals surface area contributed by atoms with E-state index in [2.05, 4.69) is 13.8 Å². The molecule has 16 heavy (non-hydrogen) atoms. The lowest BCUT2D eigenvalue weighted by molar-refractivity contribution is -0.212. The molecular formula is C10H24N3O2P. The number of hydrogen-bond acceptors (Lipinski definition) is 4. The molecule has 1 unspecified atom stereocenters. The van der Waals surface area contributed by atoms with Crippen LogP contribution < -0.4 is 4.89 Å². The second kappa shape index (κ2) is 9.02. The SMILES string of the molecule is CCCCN(C)N(N(C)CCCC)[P+](=O)[O-]. The molecule has 0 amide bonds. The van der Waals surface area contributed by atoms with E-state index in [9.17, 15) is 9.46 Å². The van der Waals surface area contributed by atoms with Crippen LogP contribution in [0.25, 0.3) is 0 Å². The quantitative estimate of drug-likeness (QED) is 0.459. The molecule has 0 N–H and O–H groups in total. The molecule has 0 bridgehead atoms. The highest BCUT2D eigenvalue weighted by Gasteiger charge is 2.27. The van der Waals surface area contributed by atoms with Crippen LogP contribution in [0.5, 0.6) is 0 Å². The van der Waals surface area contributed by atoms with Gasteiger partial charge < -0.3 is 4.89 Å². The molecule has 5 nitrogen and oxygen atoms in total. The van der Waals surface area contributed by atoms with Gasteiger partial charge in [-0.3, -0.25) is 0 Å². The number of hydrazine groups is 2. The summed E-state index contributed by atoms with van der Waals surface area (Å²) in [7, 11) is 1.03. The number of nitrogens with zero attached hydrogens (tertiary/aromatic N) is 3. The van der Waals surface area contributed by atoms with Gasteiger partial charge in [0.1, 0.15) is 0 Å². The highest BCUT2D eigenvalue weighted by molar-refractivity contribution is 7.33. The Labute approximate surface area is 99.9 Å². The van der Waals surface area contributed by atoms with Gasteiger partial charge in [-0.25, -0.2) is 0 Å². The Kier molecular flexibility index (Phi) is 8.99. The zero-order chi connectivity index (χ0) is 12.6. The van der Waals surface area contributed by atoms with Crippen molar-refractivity contribution in [2.24, 2.45) is 0 Å². The molecule has 0 spiro atoms. The van der Waals surface area contributed by atoms with Gasteiger partial charge in [-0.15, -0.1) is 0 Å². The first-order valence-corrected chi connectivity index (χ1v) is 7.04. The van der Waals surface area contributed by atoms with Gasteiger partial charge in [-0.2, -0.15) is 10.0 Å². The molecule has 1 atom stereocenters. The zero-order valence-corrected chi connectivity index (χ0v) is 11.7. The molecule has 0 heterocycles. The maximum atomic E-state index is 11.2. The number of rotatable bonds is 9. The first-order chi connectivity index (χ1) is 7.54. The molecule has 96 valence electrons. The van der Waals surface area contributed by atoms with Crippen LogP contribution in [-0.4, -0.2) is 42.1 Å². The van der Waals surface area contributed by atoms with Crippen molar-refractivity contribution in [1.82, 2.24) is 14.9 Å². The van der Waals surface area contributed by atoms with E-state index in [0.717, 1.165) is 38.8 Å². The van der Waals surface area contributed by atoms with Crippen LogP contribution in [0.3, 0.4) is 0 Å². The van der Waals surface area contributed by atoms with Crippen LogP contribution in [0.1, 0.15) is 39.5 Å². The van der Waals surface area contributed by atoms with Gasteiger partial charge in [0.2, 0.25) is 0 Å². The van der Waals surface area contributed by atoms with Crippen molar-refractivity contribution in [1.29, 1.82) is 0 Å². The molecule has 0 fully saturated rings. The fraction of sp³-hybridized carbons (Fsp3) is 1.00. The third-order valence-electron chi connectivity index (χ3n) is 2.43. The van der Waals surface area contributed by atoms with Crippen molar-refractivity contribution >= 4 is 8.18 Å². The molecule has 0 aliphatic rings. The predicted octanol–water partition coefficient (Wildman–Crippen LogP) is 1.60. The maximum Gasteiger partial charge on any atom is 0.442 e. The number of hydrogen-bond donors (Lipinski definition) is 0. The normalized spacial score (nSPS) is 12.9. The topological polar surface area (TPSA) is 49.8 Å². The summed E-state index contributed by atoms with van der Waals surface area (Å²) in [6, 6.07) is 0. The summed E-state index contributed by atoms with van der Waals surface area (Å²) in [5.41, 5.74) is 0. The highest BCUT2D eigenvalue weighted by atomic mass is 31.1. The Morgan fingerprint density at radius 2 is 1.38 bits per heavy atom. The lowest BCUT2D eigenvalue weighted by Crippen LogP contribution is -2.47. The lowest BCUT2D eigenvalue weighted by Gasteiger charge is -2.30. The maximum absolute atomic E-state index is 11.2. The van der Waals surface area contributed by atoms with E-state index in [1.165, 1.54) is 4.89 Å². The second-order valence-electron chi connectivity index (χ2n) is 3.98. The van der Waals surface area contributed by atoms with Crippen LogP contribution >= 0.6 is 8.18 Å². The average molecular weight is 249 g/mol. The van der Waals surface area contributed by atoms with Crippen molar-refractivity contribution in [2.45, 2.75) is 39.5 Å². The first kappa shape index (κ1) is 15.9. The van der Waals surface area contributed by atoms with Gasteiger partial charge >= 0.3 is 8.18 Å². The summed E-state index contributed by atoms with van der Waals surface area (Å²) in [6.07, 6.45) is 4.12. The van der Waals surface area contributed by atoms with Crippen molar-refractivity contribution in [3.8, 4) is 0 Å². The standard InChI is InChI=1S/C10H24N3O2P/c1-5-7-9-11(3)13(16(14)15)12(4)10-8-6-2/h5-10H2,1-4H3. The van der Waals surface area contributed by atoms with Gasteiger partial charge in [-0.05, 0) is 17.4 Å². The Morgan fingerprint density at radius 1 is 1.00 bits per heavy atom. The molecular weight excluding hydrogens is 225 g/mol. The largest absolute Gasteiger partial charge is 0.576 e. The third kappa shape index (κ3) is 5.87. The predicted molar refractivity (Wildman–Crippen MR) is 64.5 cm³/mol. The fourth-order valence-corrected chi connectivity index (χ4v) is 2.14. The van der Waals surface area contributed by atoms with Gasteiger partial charge in [0.15, 0.2) is 0 Å². The highest BCUT2D eigenvalue weighted by Crippen LogP contribution is 2.21. The van der Waals surface area contributed by atoms with Crippen LogP contribution in [0, 0.1) is 0 Å². The summed E-state index contributed by atoms with van der Waals surface area (Å²) in [5.74, 6) is 0. The summed E-state index contributed by atoms with van der Waals surface area (Å²) >= 11 is 0. The lowest BCUT2D eigenvalue weighted by atomic mass is 10.3. The minimum Gasteiger partial charge on any atom is -0.576 e. The van der Waals surface area contributed by atoms with Crippen LogP contribution in [0.15, 0.2) is 0 Å². The van der Waals surface area contributed by atoms with Gasteiger partial charge in [0, 0.05) is 32.1 Å². The van der Waals surface area contributed by atoms with Crippen molar-refractivity contribution < 1.29 is 9.46 Å². The molecule has 0 aromatic heterocycles. The van der Waals surface area contributed by atoms with E-state index in [1.54, 1.807) is 10.0 Å². The van der Waals surface area contributed by atoms with Gasteiger partial charge in [-0.1, -0.05) is 26.7 Å². The van der Waals surface area contributed by atoms with Gasteiger partial charge in [0.25, 0.3) is 0 Å². The summed E-state index contributed by atoms with van der Waals surface area (Å²) < 4.78 is 11.2. The fourth-order valence-electron chi connectivity index (χ4n) is 1.46. The summed E-state index contributed by atoms with van der Waals surface area (Å²) in [5, 5.41) is 3.51. The molecule has 0 radical (unpaired) electrons. The molecule has 0 aliphatic carbocycles. The van der Waals surface area contributed by atoms with Crippen molar-refractivity contribution in [2.75, 3.05) is 27.2 Å². The Bertz CT molecular complexity index is 191. The van der Waals surface area contributed by atoms with Crippen molar-refractivity contribution in [3.63, 3.8) is 0 Å². The van der Waals surface area contributed by atoms with Crippen LogP contribution in [0.2, 0.25) is 0 Å². The minimum absolute atomic E-state index is 0.760. The molecule has 0 saturated heterocycles. The molecule has 0 aromatic rings. The Balaban J connectivity index is 4.28. The van der Waals surface area contributed by atoms with E-state index in [-0.39, 0.29) is 0 Å². The van der Waals surface area contributed by atoms with E-state index in [4.69, 9.17) is 0 Å². The average Bonchev–Trinajstić information content (AvgIpc) is 2.23. The molecule has 0 saturated carbocycles. The molecule has 0 aromatic carbocycles. The van der Waals surface area contributed by atoms with E-state index < -0.39 is 8.18 Å². The van der Waals surface area contributed by atoms with Gasteiger partial charge in [0.05, 0.1) is 0 Å². The van der Waals surface area contributed by atoms with E-state index in [0.29, 0.717) is 0 Å². The summed E-state index contributed by atoms with van der Waals surface area (Å²) in [4.78, 5) is 12.5. The van der Waals surface area contributed by atoms with Crippen LogP contribution in [-0.2, 0) is 4.57 Å². The van der Waals surface area contributed by atoms with Crippen molar-refractivity contribution in [3.05, 3.63) is 0 Å². The van der Waals surface area contributed by atoms with E-state index >= 15 is 0 Å². The first-order valence-electron chi connectivity index (χ1n) is 5.91. The monoisotopic (exact) mass is 249 g/mol. The minimum atomic E-state index is -2.59. The molecule has 0 rings (SSSR count). The zero-order valence-electron chi connectivity index (χ0n) is 10.8. The summed E-state index contributed by atoms with van der Waals surface area (Å²) in [6.45, 7) is 5.71. The third-order valence-corrected chi connectivity index (χ3v) is 3.33. The number of unbranched alkanes of at least 4 members (excludes halogenated alkanes) is 2. The molecule has 6 heteroatoms. The Hall–Kier alpha value is -0.0600.